The van der Waals surface area contributed by atoms with Crippen LogP contribution in [0.4, 0.5) is 0 Å². The third-order valence-corrected chi connectivity index (χ3v) is 14.8. The number of benzene rings is 10. The molecule has 5 heterocycles. The van der Waals surface area contributed by atoms with Gasteiger partial charge in [-0.1, -0.05) is 140 Å². The Morgan fingerprint density at radius 2 is 0.587 bits per heavy atom. The zero-order chi connectivity index (χ0) is 49.4. The van der Waals surface area contributed by atoms with Gasteiger partial charge in [-0.15, -0.1) is 0 Å². The van der Waals surface area contributed by atoms with E-state index in [0.29, 0.717) is 17.5 Å². The van der Waals surface area contributed by atoms with Crippen LogP contribution in [0.3, 0.4) is 0 Å². The Hall–Kier alpha value is -10.2. The minimum absolute atomic E-state index is 0.569. The first-order valence-corrected chi connectivity index (χ1v) is 25.3. The van der Waals surface area contributed by atoms with Crippen molar-refractivity contribution in [2.45, 2.75) is 0 Å². The number of pyridine rings is 1. The molecule has 0 saturated heterocycles. The van der Waals surface area contributed by atoms with Gasteiger partial charge in [0, 0.05) is 78.5 Å². The summed E-state index contributed by atoms with van der Waals surface area (Å²) in [5.74, 6) is 1.76. The third-order valence-electron chi connectivity index (χ3n) is 14.8. The maximum atomic E-state index is 5.10. The molecule has 15 aromatic rings. The predicted octanol–water partition coefficient (Wildman–Crippen LogP) is 16.9. The second kappa shape index (κ2) is 17.2. The maximum absolute atomic E-state index is 5.10. The molecule has 0 aliphatic rings. The molecule has 0 aliphatic heterocycles. The van der Waals surface area contributed by atoms with E-state index < -0.39 is 0 Å². The van der Waals surface area contributed by atoms with Crippen molar-refractivity contribution in [1.29, 1.82) is 0 Å². The molecule has 0 aliphatic carbocycles. The number of para-hydroxylation sites is 4. The van der Waals surface area contributed by atoms with Gasteiger partial charge in [-0.05, 0) is 131 Å². The number of rotatable bonds is 8. The standard InChI is InChI=1S/C68H43N7/c1-4-16-44(17-5-1)66-70-67(72-68(71-66)50-19-15-37-69-43-50)49-18-14-24-53(38-49)75-64-35-31-47(45-29-33-62-56(39-45)54-25-10-12-27-60(54)73(62)51-20-6-2-7-21-51)41-58(64)59-42-48(32-36-65(59)75)46-30-34-63-57(40-46)55-26-11-13-28-61(55)74(63)52-22-8-3-9-23-52/h1-43H. The molecule has 0 radical (unpaired) electrons. The Kier molecular flexibility index (Phi) is 9.75. The molecule has 10 aromatic carbocycles. The fourth-order valence-electron chi connectivity index (χ4n) is 11.3. The van der Waals surface area contributed by atoms with E-state index in [9.17, 15) is 0 Å². The first kappa shape index (κ1) is 42.4. The van der Waals surface area contributed by atoms with E-state index in [0.717, 1.165) is 77.8 Å². The van der Waals surface area contributed by atoms with E-state index >= 15 is 0 Å². The number of aromatic nitrogens is 7. The van der Waals surface area contributed by atoms with Crippen molar-refractivity contribution < 1.29 is 0 Å². The molecule has 0 saturated carbocycles. The van der Waals surface area contributed by atoms with Gasteiger partial charge >= 0.3 is 0 Å². The molecule has 7 heteroatoms. The first-order valence-electron chi connectivity index (χ1n) is 25.3. The van der Waals surface area contributed by atoms with Gasteiger partial charge in [0.2, 0.25) is 0 Å². The molecule has 0 bridgehead atoms. The van der Waals surface area contributed by atoms with Crippen LogP contribution in [0.15, 0.2) is 261 Å². The summed E-state index contributed by atoms with van der Waals surface area (Å²) in [4.78, 5) is 19.5. The fourth-order valence-corrected chi connectivity index (χ4v) is 11.3. The number of fused-ring (bicyclic) bond motifs is 9. The normalized spacial score (nSPS) is 11.7. The maximum Gasteiger partial charge on any atom is 0.165 e. The second-order valence-electron chi connectivity index (χ2n) is 19.1. The van der Waals surface area contributed by atoms with Gasteiger partial charge in [0.25, 0.3) is 0 Å². The van der Waals surface area contributed by atoms with Gasteiger partial charge in [0.05, 0.1) is 33.1 Å². The Labute approximate surface area is 431 Å². The molecule has 0 spiro atoms. The van der Waals surface area contributed by atoms with Crippen molar-refractivity contribution in [2.24, 2.45) is 0 Å². The first-order chi connectivity index (χ1) is 37.2. The summed E-state index contributed by atoms with van der Waals surface area (Å²) >= 11 is 0. The monoisotopic (exact) mass is 957 g/mol. The van der Waals surface area contributed by atoms with Crippen molar-refractivity contribution in [2.75, 3.05) is 0 Å². The van der Waals surface area contributed by atoms with E-state index in [2.05, 4.69) is 225 Å². The molecular formula is C68H43N7. The third kappa shape index (κ3) is 7.05. The van der Waals surface area contributed by atoms with E-state index in [1.807, 2.05) is 42.5 Å². The van der Waals surface area contributed by atoms with Gasteiger partial charge in [0.15, 0.2) is 17.5 Å². The Morgan fingerprint density at radius 3 is 1.07 bits per heavy atom. The summed E-state index contributed by atoms with van der Waals surface area (Å²) < 4.78 is 7.13. The quantitative estimate of drug-likeness (QED) is 0.152. The molecule has 0 N–H and O–H groups in total. The predicted molar refractivity (Wildman–Crippen MR) is 308 cm³/mol. The highest BCUT2D eigenvalue weighted by atomic mass is 15.0. The zero-order valence-electron chi connectivity index (χ0n) is 40.5. The summed E-state index contributed by atoms with van der Waals surface area (Å²) in [6.45, 7) is 0. The van der Waals surface area contributed by atoms with Crippen molar-refractivity contribution in [3.05, 3.63) is 261 Å². The lowest BCUT2D eigenvalue weighted by Gasteiger charge is -2.12. The Balaban J connectivity index is 0.922. The molecule has 0 fully saturated rings. The van der Waals surface area contributed by atoms with E-state index in [-0.39, 0.29) is 0 Å². The van der Waals surface area contributed by atoms with Crippen LogP contribution in [-0.4, -0.2) is 33.6 Å². The van der Waals surface area contributed by atoms with Crippen molar-refractivity contribution in [3.63, 3.8) is 0 Å². The lowest BCUT2D eigenvalue weighted by molar-refractivity contribution is 1.07. The molecule has 5 aromatic heterocycles. The minimum atomic E-state index is 0.569. The number of hydrogen-bond acceptors (Lipinski definition) is 4. The zero-order valence-corrected chi connectivity index (χ0v) is 40.5. The van der Waals surface area contributed by atoms with Gasteiger partial charge in [0.1, 0.15) is 0 Å². The highest BCUT2D eigenvalue weighted by Crippen LogP contribution is 2.41. The Bertz CT molecular complexity index is 4420. The largest absolute Gasteiger partial charge is 0.309 e. The van der Waals surface area contributed by atoms with Crippen LogP contribution in [0.2, 0.25) is 0 Å². The van der Waals surface area contributed by atoms with E-state index in [4.69, 9.17) is 15.0 Å². The SMILES string of the molecule is c1ccc(-c2nc(-c3cccnc3)nc(-c3cccc(-n4c5ccc(-c6ccc7c(c6)c6ccccc6n7-c6ccccc6)cc5c5cc(-c6ccc7c(c6)c6ccccc6n7-c6ccccc6)ccc54)c3)n2)cc1. The smallest absolute Gasteiger partial charge is 0.165 e. The van der Waals surface area contributed by atoms with E-state index in [1.54, 1.807) is 12.4 Å². The average Bonchev–Trinajstić information content (AvgIpc) is 4.20. The van der Waals surface area contributed by atoms with Crippen LogP contribution in [0, 0.1) is 0 Å². The van der Waals surface area contributed by atoms with Crippen LogP contribution in [0.1, 0.15) is 0 Å². The molecule has 75 heavy (non-hydrogen) atoms. The summed E-state index contributed by atoms with van der Waals surface area (Å²) in [6, 6.07) is 89.0. The summed E-state index contributed by atoms with van der Waals surface area (Å²) in [5, 5.41) is 7.22. The van der Waals surface area contributed by atoms with Crippen molar-refractivity contribution in [1.82, 2.24) is 33.6 Å². The molecule has 0 amide bonds. The highest BCUT2D eigenvalue weighted by Gasteiger charge is 2.20. The van der Waals surface area contributed by atoms with Crippen molar-refractivity contribution in [3.8, 4) is 73.5 Å². The number of hydrogen-bond donors (Lipinski definition) is 0. The van der Waals surface area contributed by atoms with E-state index in [1.165, 1.54) is 43.6 Å². The van der Waals surface area contributed by atoms with Crippen LogP contribution in [-0.2, 0) is 0 Å². The molecule has 0 atom stereocenters. The van der Waals surface area contributed by atoms with Crippen LogP contribution in [0.25, 0.3) is 139 Å². The summed E-state index contributed by atoms with van der Waals surface area (Å²) in [5.41, 5.74) is 17.5. The van der Waals surface area contributed by atoms with Crippen molar-refractivity contribution >= 4 is 65.4 Å². The molecule has 350 valence electrons. The second-order valence-corrected chi connectivity index (χ2v) is 19.1. The van der Waals surface area contributed by atoms with Gasteiger partial charge < -0.3 is 13.7 Å². The summed E-state index contributed by atoms with van der Waals surface area (Å²) in [7, 11) is 0. The molecule has 7 nitrogen and oxygen atoms in total. The topological polar surface area (TPSA) is 66.3 Å². The summed E-state index contributed by atoms with van der Waals surface area (Å²) in [6.07, 6.45) is 3.56. The molecule has 0 unspecified atom stereocenters. The lowest BCUT2D eigenvalue weighted by Crippen LogP contribution is -2.01. The lowest BCUT2D eigenvalue weighted by atomic mass is 9.98. The van der Waals surface area contributed by atoms with Crippen LogP contribution < -0.4 is 0 Å². The Morgan fingerprint density at radius 1 is 0.227 bits per heavy atom. The highest BCUT2D eigenvalue weighted by molar-refractivity contribution is 6.14. The van der Waals surface area contributed by atoms with Gasteiger partial charge in [-0.25, -0.2) is 15.0 Å². The van der Waals surface area contributed by atoms with Crippen LogP contribution in [0.5, 0.6) is 0 Å². The van der Waals surface area contributed by atoms with Crippen LogP contribution >= 0.6 is 0 Å². The van der Waals surface area contributed by atoms with Gasteiger partial charge in [-0.3, -0.25) is 4.98 Å². The fraction of sp³-hybridized carbons (Fsp3) is 0. The average molecular weight is 958 g/mol. The molecular weight excluding hydrogens is 915 g/mol. The minimum Gasteiger partial charge on any atom is -0.309 e. The number of nitrogens with zero attached hydrogens (tertiary/aromatic N) is 7. The van der Waals surface area contributed by atoms with Gasteiger partial charge in [-0.2, -0.15) is 0 Å². The molecule has 15 rings (SSSR count).